The second kappa shape index (κ2) is 5.02. The molecular formula is C13H13BrFNO. The Hall–Kier alpha value is -1.13. The lowest BCUT2D eigenvalue weighted by Gasteiger charge is -2.05. The van der Waals surface area contributed by atoms with Gasteiger partial charge in [-0.1, -0.05) is 15.9 Å². The zero-order valence-corrected chi connectivity index (χ0v) is 11.0. The highest BCUT2D eigenvalue weighted by atomic mass is 79.9. The molecule has 0 saturated heterocycles. The van der Waals surface area contributed by atoms with Gasteiger partial charge in [0.25, 0.3) is 0 Å². The van der Waals surface area contributed by atoms with Crippen LogP contribution in [-0.2, 0) is 6.54 Å². The maximum absolute atomic E-state index is 13.2. The molecule has 0 aliphatic carbocycles. The lowest BCUT2D eigenvalue weighted by molar-refractivity contribution is 0.199. The maximum atomic E-state index is 13.2. The number of nitrogens with zero attached hydrogens (tertiary/aromatic N) is 1. The summed E-state index contributed by atoms with van der Waals surface area (Å²) < 4.78 is 15.8. The van der Waals surface area contributed by atoms with Crippen LogP contribution in [0.15, 0.2) is 41.1 Å². The van der Waals surface area contributed by atoms with Crippen molar-refractivity contribution in [3.05, 3.63) is 58.1 Å². The topological polar surface area (TPSA) is 25.2 Å². The smallest absolute Gasteiger partial charge is 0.124 e. The van der Waals surface area contributed by atoms with E-state index in [1.165, 1.54) is 12.1 Å². The summed E-state index contributed by atoms with van der Waals surface area (Å²) in [4.78, 5) is 0. The molecule has 0 aliphatic rings. The molecule has 4 heteroatoms. The maximum Gasteiger partial charge on any atom is 0.124 e. The van der Waals surface area contributed by atoms with Crippen LogP contribution in [0.2, 0.25) is 0 Å². The van der Waals surface area contributed by atoms with Crippen molar-refractivity contribution < 1.29 is 9.50 Å². The highest BCUT2D eigenvalue weighted by Gasteiger charge is 2.04. The van der Waals surface area contributed by atoms with E-state index in [1.54, 1.807) is 6.92 Å². The minimum atomic E-state index is -0.476. The van der Waals surface area contributed by atoms with Gasteiger partial charge in [0.1, 0.15) is 5.82 Å². The number of halogens is 2. The average molecular weight is 298 g/mol. The third-order valence-electron chi connectivity index (χ3n) is 2.54. The molecule has 1 aromatic heterocycles. The molecule has 0 spiro atoms. The van der Waals surface area contributed by atoms with E-state index >= 15 is 0 Å². The predicted molar refractivity (Wildman–Crippen MR) is 68.3 cm³/mol. The number of aliphatic hydroxyl groups excluding tert-OH is 1. The summed E-state index contributed by atoms with van der Waals surface area (Å²) in [6.45, 7) is 2.31. The molecule has 1 unspecified atom stereocenters. The van der Waals surface area contributed by atoms with Crippen molar-refractivity contribution in [1.82, 2.24) is 4.57 Å². The minimum Gasteiger partial charge on any atom is -0.389 e. The van der Waals surface area contributed by atoms with Gasteiger partial charge in [-0.2, -0.15) is 0 Å². The minimum absolute atomic E-state index is 0.253. The van der Waals surface area contributed by atoms with Gasteiger partial charge < -0.3 is 9.67 Å². The Morgan fingerprint density at radius 3 is 2.76 bits per heavy atom. The summed E-state index contributed by atoms with van der Waals surface area (Å²) in [5.74, 6) is -0.253. The zero-order chi connectivity index (χ0) is 12.4. The molecule has 0 bridgehead atoms. The van der Waals surface area contributed by atoms with Crippen LogP contribution in [0, 0.1) is 5.82 Å². The predicted octanol–water partition coefficient (Wildman–Crippen LogP) is 3.49. The molecule has 0 fully saturated rings. The zero-order valence-electron chi connectivity index (χ0n) is 9.40. The Morgan fingerprint density at radius 2 is 2.18 bits per heavy atom. The number of hydrogen-bond donors (Lipinski definition) is 1. The lowest BCUT2D eigenvalue weighted by Crippen LogP contribution is -1.97. The molecule has 2 nitrogen and oxygen atoms in total. The van der Waals surface area contributed by atoms with Crippen LogP contribution in [0.4, 0.5) is 4.39 Å². The van der Waals surface area contributed by atoms with Gasteiger partial charge in [0.15, 0.2) is 0 Å². The first-order valence-corrected chi connectivity index (χ1v) is 6.12. The molecule has 0 aliphatic heterocycles. The molecule has 1 aromatic carbocycles. The summed E-state index contributed by atoms with van der Waals surface area (Å²) in [5.41, 5.74) is 1.74. The first kappa shape index (κ1) is 12.3. The van der Waals surface area contributed by atoms with Gasteiger partial charge in [0.2, 0.25) is 0 Å². The highest BCUT2D eigenvalue weighted by Crippen LogP contribution is 2.17. The van der Waals surface area contributed by atoms with E-state index in [2.05, 4.69) is 15.9 Å². The fourth-order valence-corrected chi connectivity index (χ4v) is 2.23. The normalized spacial score (nSPS) is 12.7. The van der Waals surface area contributed by atoms with E-state index in [0.29, 0.717) is 6.54 Å². The molecule has 1 atom stereocenters. The first-order valence-electron chi connectivity index (χ1n) is 5.33. The monoisotopic (exact) mass is 297 g/mol. The molecule has 90 valence electrons. The van der Waals surface area contributed by atoms with Crippen molar-refractivity contribution in [3.63, 3.8) is 0 Å². The third kappa shape index (κ3) is 3.17. The van der Waals surface area contributed by atoms with Crippen LogP contribution in [0.5, 0.6) is 0 Å². The molecule has 0 amide bonds. The molecule has 0 radical (unpaired) electrons. The van der Waals surface area contributed by atoms with E-state index in [1.807, 2.05) is 29.1 Å². The van der Waals surface area contributed by atoms with Crippen LogP contribution >= 0.6 is 15.9 Å². The van der Waals surface area contributed by atoms with Crippen molar-refractivity contribution in [3.8, 4) is 0 Å². The van der Waals surface area contributed by atoms with Gasteiger partial charge in [-0.15, -0.1) is 0 Å². The highest BCUT2D eigenvalue weighted by molar-refractivity contribution is 9.10. The van der Waals surface area contributed by atoms with Crippen LogP contribution in [-0.4, -0.2) is 9.67 Å². The summed E-state index contributed by atoms with van der Waals surface area (Å²) in [6, 6.07) is 6.68. The largest absolute Gasteiger partial charge is 0.389 e. The second-order valence-corrected chi connectivity index (χ2v) is 4.99. The average Bonchev–Trinajstić information content (AvgIpc) is 2.64. The van der Waals surface area contributed by atoms with Crippen molar-refractivity contribution >= 4 is 15.9 Å². The third-order valence-corrected chi connectivity index (χ3v) is 3.00. The molecular weight excluding hydrogens is 285 g/mol. The second-order valence-electron chi connectivity index (χ2n) is 4.07. The summed E-state index contributed by atoms with van der Waals surface area (Å²) >= 11 is 3.27. The summed E-state index contributed by atoms with van der Waals surface area (Å²) in [5, 5.41) is 9.41. The van der Waals surface area contributed by atoms with Crippen molar-refractivity contribution in [2.24, 2.45) is 0 Å². The Morgan fingerprint density at radius 1 is 1.41 bits per heavy atom. The van der Waals surface area contributed by atoms with E-state index in [9.17, 15) is 9.50 Å². The van der Waals surface area contributed by atoms with Gasteiger partial charge in [-0.25, -0.2) is 4.39 Å². The van der Waals surface area contributed by atoms with Gasteiger partial charge in [0, 0.05) is 23.4 Å². The Labute approximate surface area is 108 Å². The number of benzene rings is 1. The van der Waals surface area contributed by atoms with Crippen molar-refractivity contribution in [2.45, 2.75) is 19.6 Å². The summed E-state index contributed by atoms with van der Waals surface area (Å²) in [6.07, 6.45) is 3.26. The summed E-state index contributed by atoms with van der Waals surface area (Å²) in [7, 11) is 0. The molecule has 1 heterocycles. The van der Waals surface area contributed by atoms with Gasteiger partial charge in [-0.05, 0) is 42.3 Å². The van der Waals surface area contributed by atoms with Crippen molar-refractivity contribution in [1.29, 1.82) is 0 Å². The van der Waals surface area contributed by atoms with Crippen LogP contribution in [0.1, 0.15) is 24.2 Å². The fourth-order valence-electron chi connectivity index (χ4n) is 1.72. The van der Waals surface area contributed by atoms with Gasteiger partial charge in [0.05, 0.1) is 6.10 Å². The Bertz CT molecular complexity index is 502. The van der Waals surface area contributed by atoms with Gasteiger partial charge >= 0.3 is 0 Å². The number of rotatable bonds is 3. The fraction of sp³-hybridized carbons (Fsp3) is 0.231. The lowest BCUT2D eigenvalue weighted by atomic mass is 10.2. The standard InChI is InChI=1S/C13H13BrFNO/c1-9(17)11-2-3-16(8-11)7-10-4-12(14)6-13(15)5-10/h2-6,8-9,17H,7H2,1H3. The number of aromatic nitrogens is 1. The van der Waals surface area contributed by atoms with Crippen LogP contribution in [0.25, 0.3) is 0 Å². The van der Waals surface area contributed by atoms with Gasteiger partial charge in [-0.3, -0.25) is 0 Å². The Kier molecular flexibility index (Phi) is 3.64. The van der Waals surface area contributed by atoms with E-state index in [0.717, 1.165) is 15.6 Å². The van der Waals surface area contributed by atoms with E-state index < -0.39 is 6.10 Å². The van der Waals surface area contributed by atoms with Crippen molar-refractivity contribution in [2.75, 3.05) is 0 Å². The van der Waals surface area contributed by atoms with Crippen LogP contribution in [0.3, 0.4) is 0 Å². The Balaban J connectivity index is 2.19. The molecule has 2 rings (SSSR count). The molecule has 0 saturated carbocycles. The number of hydrogen-bond acceptors (Lipinski definition) is 1. The SMILES string of the molecule is CC(O)c1ccn(Cc2cc(F)cc(Br)c2)c1. The van der Waals surface area contributed by atoms with Crippen LogP contribution < -0.4 is 0 Å². The molecule has 2 aromatic rings. The first-order chi connectivity index (χ1) is 8.04. The van der Waals surface area contributed by atoms with E-state index in [4.69, 9.17) is 0 Å². The molecule has 17 heavy (non-hydrogen) atoms. The number of aliphatic hydroxyl groups is 1. The molecule has 1 N–H and O–H groups in total. The van der Waals surface area contributed by atoms with E-state index in [-0.39, 0.29) is 5.82 Å². The quantitative estimate of drug-likeness (QED) is 0.922.